The zero-order chi connectivity index (χ0) is 14.7. The summed E-state index contributed by atoms with van der Waals surface area (Å²) in [6.45, 7) is 3.57. The fourth-order valence-corrected chi connectivity index (χ4v) is 2.96. The zero-order valence-electron chi connectivity index (χ0n) is 11.6. The van der Waals surface area contributed by atoms with Crippen molar-refractivity contribution in [2.45, 2.75) is 0 Å². The Kier molecular flexibility index (Phi) is 4.20. The van der Waals surface area contributed by atoms with E-state index in [1.165, 1.54) is 0 Å². The molecular weight excluding hydrogens is 330 g/mol. The number of halogens is 1. The lowest BCUT2D eigenvalue weighted by atomic mass is 10.1. The van der Waals surface area contributed by atoms with E-state index in [0.717, 1.165) is 54.0 Å². The highest BCUT2D eigenvalue weighted by Gasteiger charge is 2.20. The number of benzene rings is 1. The van der Waals surface area contributed by atoms with Crippen molar-refractivity contribution >= 4 is 33.7 Å². The van der Waals surface area contributed by atoms with E-state index in [0.29, 0.717) is 0 Å². The van der Waals surface area contributed by atoms with Gasteiger partial charge in [-0.2, -0.15) is 0 Å². The van der Waals surface area contributed by atoms with Crippen LogP contribution in [0.4, 0.5) is 11.5 Å². The van der Waals surface area contributed by atoms with Gasteiger partial charge in [0.25, 0.3) is 0 Å². The maximum absolute atomic E-state index is 11.2. The summed E-state index contributed by atoms with van der Waals surface area (Å²) in [7, 11) is 0. The Hall–Kier alpha value is -1.88. The Bertz CT molecular complexity index is 625. The summed E-state index contributed by atoms with van der Waals surface area (Å²) in [6.07, 6.45) is 2.74. The number of pyridine rings is 1. The number of aldehydes is 1. The first-order valence-electron chi connectivity index (χ1n) is 6.93. The van der Waals surface area contributed by atoms with E-state index in [4.69, 9.17) is 0 Å². The molecule has 0 bridgehead atoms. The molecule has 0 spiro atoms. The Labute approximate surface area is 132 Å². The Morgan fingerprint density at radius 3 is 2.48 bits per heavy atom. The minimum atomic E-state index is 0.740. The van der Waals surface area contributed by atoms with Gasteiger partial charge in [-0.1, -0.05) is 22.0 Å². The smallest absolute Gasteiger partial charge is 0.152 e. The van der Waals surface area contributed by atoms with Gasteiger partial charge in [-0.05, 0) is 30.3 Å². The van der Waals surface area contributed by atoms with Gasteiger partial charge in [0.1, 0.15) is 5.82 Å². The quantitative estimate of drug-likeness (QED) is 0.801. The molecule has 108 valence electrons. The molecule has 1 aromatic carbocycles. The van der Waals surface area contributed by atoms with Crippen molar-refractivity contribution in [3.8, 4) is 0 Å². The summed E-state index contributed by atoms with van der Waals surface area (Å²) in [6, 6.07) is 11.7. The summed E-state index contributed by atoms with van der Waals surface area (Å²) in [5.41, 5.74) is 1.74. The third-order valence-electron chi connectivity index (χ3n) is 3.71. The van der Waals surface area contributed by atoms with Crippen LogP contribution in [0.5, 0.6) is 0 Å². The molecule has 4 nitrogen and oxygen atoms in total. The van der Waals surface area contributed by atoms with Crippen LogP contribution in [0.2, 0.25) is 0 Å². The van der Waals surface area contributed by atoms with E-state index in [-0.39, 0.29) is 0 Å². The van der Waals surface area contributed by atoms with Crippen LogP contribution in [0.3, 0.4) is 0 Å². The number of nitrogens with zero attached hydrogens (tertiary/aromatic N) is 3. The molecule has 0 radical (unpaired) electrons. The molecule has 5 heteroatoms. The molecule has 21 heavy (non-hydrogen) atoms. The molecule has 1 aliphatic rings. The lowest BCUT2D eigenvalue weighted by molar-refractivity contribution is 0.112. The van der Waals surface area contributed by atoms with Crippen molar-refractivity contribution < 1.29 is 4.79 Å². The molecule has 1 aliphatic heterocycles. The number of rotatable bonds is 3. The number of anilines is 2. The van der Waals surface area contributed by atoms with E-state index >= 15 is 0 Å². The van der Waals surface area contributed by atoms with Gasteiger partial charge in [-0.3, -0.25) is 4.79 Å². The molecule has 0 aliphatic carbocycles. The lowest BCUT2D eigenvalue weighted by Crippen LogP contribution is -2.47. The first-order valence-corrected chi connectivity index (χ1v) is 7.73. The SMILES string of the molecule is O=Cc1ccc(Br)cc1N1CCN(c2ccccn2)CC1. The Morgan fingerprint density at radius 1 is 1.05 bits per heavy atom. The number of aromatic nitrogens is 1. The number of hydrogen-bond donors (Lipinski definition) is 0. The van der Waals surface area contributed by atoms with Crippen molar-refractivity contribution in [1.82, 2.24) is 4.98 Å². The topological polar surface area (TPSA) is 36.4 Å². The first kappa shape index (κ1) is 14.1. The van der Waals surface area contributed by atoms with E-state index < -0.39 is 0 Å². The molecule has 3 rings (SSSR count). The van der Waals surface area contributed by atoms with Gasteiger partial charge in [-0.15, -0.1) is 0 Å². The van der Waals surface area contributed by atoms with Crippen molar-refractivity contribution in [2.75, 3.05) is 36.0 Å². The van der Waals surface area contributed by atoms with E-state index in [2.05, 4.69) is 30.7 Å². The second-order valence-electron chi connectivity index (χ2n) is 4.98. The highest BCUT2D eigenvalue weighted by atomic mass is 79.9. The standard InChI is InChI=1S/C16H16BrN3O/c17-14-5-4-13(12-21)15(11-14)19-7-9-20(10-8-19)16-3-1-2-6-18-16/h1-6,11-12H,7-10H2. The Morgan fingerprint density at radius 2 is 1.81 bits per heavy atom. The summed E-state index contributed by atoms with van der Waals surface area (Å²) in [5, 5.41) is 0. The minimum Gasteiger partial charge on any atom is -0.367 e. The highest BCUT2D eigenvalue weighted by Crippen LogP contribution is 2.26. The molecule has 1 fully saturated rings. The average molecular weight is 346 g/mol. The van der Waals surface area contributed by atoms with E-state index in [1.54, 1.807) is 0 Å². The van der Waals surface area contributed by atoms with Crippen LogP contribution in [0.15, 0.2) is 47.1 Å². The van der Waals surface area contributed by atoms with Crippen LogP contribution in [0, 0.1) is 0 Å². The summed E-state index contributed by atoms with van der Waals surface area (Å²) in [4.78, 5) is 20.1. The molecule has 1 aromatic heterocycles. The van der Waals surface area contributed by atoms with Gasteiger partial charge < -0.3 is 9.80 Å². The van der Waals surface area contributed by atoms with Gasteiger partial charge in [0.15, 0.2) is 6.29 Å². The van der Waals surface area contributed by atoms with Crippen molar-refractivity contribution in [1.29, 1.82) is 0 Å². The number of carbonyl (C=O) groups is 1. The van der Waals surface area contributed by atoms with Crippen molar-refractivity contribution in [3.05, 3.63) is 52.6 Å². The van der Waals surface area contributed by atoms with Crippen LogP contribution in [0.25, 0.3) is 0 Å². The predicted molar refractivity (Wildman–Crippen MR) is 88.2 cm³/mol. The molecule has 0 atom stereocenters. The summed E-state index contributed by atoms with van der Waals surface area (Å²) < 4.78 is 0.996. The largest absolute Gasteiger partial charge is 0.367 e. The first-order chi connectivity index (χ1) is 10.3. The fraction of sp³-hybridized carbons (Fsp3) is 0.250. The van der Waals surface area contributed by atoms with Crippen LogP contribution in [0.1, 0.15) is 10.4 Å². The molecule has 0 unspecified atom stereocenters. The van der Waals surface area contributed by atoms with Gasteiger partial charge in [0, 0.05) is 48.1 Å². The predicted octanol–water partition coefficient (Wildman–Crippen LogP) is 2.98. The van der Waals surface area contributed by atoms with Crippen molar-refractivity contribution in [3.63, 3.8) is 0 Å². The highest BCUT2D eigenvalue weighted by molar-refractivity contribution is 9.10. The summed E-state index contributed by atoms with van der Waals surface area (Å²) in [5.74, 6) is 1.02. The second kappa shape index (κ2) is 6.26. The van der Waals surface area contributed by atoms with E-state index in [9.17, 15) is 4.79 Å². The number of carbonyl (C=O) groups excluding carboxylic acids is 1. The van der Waals surface area contributed by atoms with Gasteiger partial charge in [0.2, 0.25) is 0 Å². The van der Waals surface area contributed by atoms with E-state index in [1.807, 2.05) is 42.6 Å². The zero-order valence-corrected chi connectivity index (χ0v) is 13.2. The van der Waals surface area contributed by atoms with Crippen LogP contribution < -0.4 is 9.80 Å². The fourth-order valence-electron chi connectivity index (χ4n) is 2.61. The second-order valence-corrected chi connectivity index (χ2v) is 5.90. The molecule has 2 aromatic rings. The monoisotopic (exact) mass is 345 g/mol. The molecular formula is C16H16BrN3O. The van der Waals surface area contributed by atoms with Gasteiger partial charge in [0.05, 0.1) is 0 Å². The van der Waals surface area contributed by atoms with Crippen LogP contribution >= 0.6 is 15.9 Å². The number of piperazine rings is 1. The molecule has 0 saturated carbocycles. The molecule has 2 heterocycles. The third-order valence-corrected chi connectivity index (χ3v) is 4.21. The Balaban J connectivity index is 1.74. The van der Waals surface area contributed by atoms with Gasteiger partial charge in [-0.25, -0.2) is 4.98 Å². The lowest BCUT2D eigenvalue weighted by Gasteiger charge is -2.37. The normalized spacial score (nSPS) is 15.1. The molecule has 0 N–H and O–H groups in total. The third kappa shape index (κ3) is 3.08. The average Bonchev–Trinajstić information content (AvgIpc) is 2.56. The maximum atomic E-state index is 11.2. The minimum absolute atomic E-state index is 0.740. The van der Waals surface area contributed by atoms with Crippen LogP contribution in [-0.2, 0) is 0 Å². The van der Waals surface area contributed by atoms with Gasteiger partial charge >= 0.3 is 0 Å². The van der Waals surface area contributed by atoms with Crippen LogP contribution in [-0.4, -0.2) is 37.4 Å². The maximum Gasteiger partial charge on any atom is 0.152 e. The number of hydrogen-bond acceptors (Lipinski definition) is 4. The molecule has 0 amide bonds. The summed E-state index contributed by atoms with van der Waals surface area (Å²) >= 11 is 3.48. The molecule has 1 saturated heterocycles. The van der Waals surface area contributed by atoms with Crippen molar-refractivity contribution in [2.24, 2.45) is 0 Å².